The molecule has 1 aliphatic rings. The van der Waals surface area contributed by atoms with Gasteiger partial charge in [-0.2, -0.15) is 0 Å². The number of hydrogen-bond donors (Lipinski definition) is 1. The van der Waals surface area contributed by atoms with E-state index in [0.29, 0.717) is 5.69 Å². The van der Waals surface area contributed by atoms with E-state index in [1.807, 2.05) is 60.8 Å². The fourth-order valence-corrected chi connectivity index (χ4v) is 2.78. The van der Waals surface area contributed by atoms with Crippen LogP contribution in [-0.2, 0) is 4.79 Å². The highest BCUT2D eigenvalue weighted by atomic mass is 16.2. The van der Waals surface area contributed by atoms with E-state index in [1.54, 1.807) is 4.40 Å². The lowest BCUT2D eigenvalue weighted by Gasteiger charge is -2.07. The molecule has 0 saturated heterocycles. The zero-order valence-corrected chi connectivity index (χ0v) is 12.5. The summed E-state index contributed by atoms with van der Waals surface area (Å²) in [6.45, 7) is 0. The first-order valence-electron chi connectivity index (χ1n) is 7.75. The lowest BCUT2D eigenvalue weighted by atomic mass is 10.0. The molecule has 0 unspecified atom stereocenters. The number of fused-ring (bicyclic) bond motifs is 1. The number of benzene rings is 1. The Labute approximate surface area is 133 Å². The van der Waals surface area contributed by atoms with Gasteiger partial charge in [-0.15, -0.1) is 0 Å². The SMILES string of the molecule is O=C(NC1CC1)C(=O)c1c(-c2ccccc2)cc2ccccn12. The van der Waals surface area contributed by atoms with Gasteiger partial charge in [0, 0.05) is 23.3 Å². The molecular formula is C19H16N2O2. The van der Waals surface area contributed by atoms with Gasteiger partial charge in [0.15, 0.2) is 0 Å². The highest BCUT2D eigenvalue weighted by Crippen LogP contribution is 2.28. The van der Waals surface area contributed by atoms with Crippen molar-refractivity contribution in [1.29, 1.82) is 0 Å². The quantitative estimate of drug-likeness (QED) is 0.595. The molecule has 114 valence electrons. The first-order valence-corrected chi connectivity index (χ1v) is 7.75. The van der Waals surface area contributed by atoms with Crippen LogP contribution in [0.5, 0.6) is 0 Å². The molecule has 1 N–H and O–H groups in total. The average molecular weight is 304 g/mol. The number of nitrogens with one attached hydrogen (secondary N) is 1. The molecule has 23 heavy (non-hydrogen) atoms. The minimum atomic E-state index is -0.520. The second-order valence-electron chi connectivity index (χ2n) is 5.85. The predicted molar refractivity (Wildman–Crippen MR) is 88.3 cm³/mol. The highest BCUT2D eigenvalue weighted by Gasteiger charge is 2.29. The zero-order valence-electron chi connectivity index (χ0n) is 12.5. The lowest BCUT2D eigenvalue weighted by Crippen LogP contribution is -2.33. The highest BCUT2D eigenvalue weighted by molar-refractivity contribution is 6.43. The first-order chi connectivity index (χ1) is 11.2. The van der Waals surface area contributed by atoms with Crippen molar-refractivity contribution in [3.8, 4) is 11.1 Å². The maximum atomic E-state index is 12.7. The second-order valence-corrected chi connectivity index (χ2v) is 5.85. The Bertz CT molecular complexity index is 892. The van der Waals surface area contributed by atoms with Crippen molar-refractivity contribution in [3.63, 3.8) is 0 Å². The van der Waals surface area contributed by atoms with Gasteiger partial charge in [0.05, 0.1) is 0 Å². The van der Waals surface area contributed by atoms with Gasteiger partial charge in [0.25, 0.3) is 11.7 Å². The molecule has 0 radical (unpaired) electrons. The van der Waals surface area contributed by atoms with E-state index < -0.39 is 11.7 Å². The number of aromatic nitrogens is 1. The molecule has 1 aromatic carbocycles. The zero-order chi connectivity index (χ0) is 15.8. The molecule has 0 aliphatic heterocycles. The monoisotopic (exact) mass is 304 g/mol. The van der Waals surface area contributed by atoms with Gasteiger partial charge in [-0.1, -0.05) is 36.4 Å². The van der Waals surface area contributed by atoms with Crippen LogP contribution in [0.3, 0.4) is 0 Å². The van der Waals surface area contributed by atoms with Crippen LogP contribution in [0.25, 0.3) is 16.6 Å². The summed E-state index contributed by atoms with van der Waals surface area (Å²) >= 11 is 0. The lowest BCUT2D eigenvalue weighted by molar-refractivity contribution is -0.117. The Kier molecular flexibility index (Phi) is 3.23. The van der Waals surface area contributed by atoms with Crippen molar-refractivity contribution in [2.24, 2.45) is 0 Å². The largest absolute Gasteiger partial charge is 0.346 e. The first kappa shape index (κ1) is 13.8. The fraction of sp³-hybridized carbons (Fsp3) is 0.158. The molecule has 0 atom stereocenters. The van der Waals surface area contributed by atoms with Crippen molar-refractivity contribution in [3.05, 3.63) is 66.5 Å². The Balaban J connectivity index is 1.85. The van der Waals surface area contributed by atoms with E-state index in [-0.39, 0.29) is 6.04 Å². The van der Waals surface area contributed by atoms with Gasteiger partial charge in [0.1, 0.15) is 5.69 Å². The number of pyridine rings is 1. The Morgan fingerprint density at radius 3 is 2.48 bits per heavy atom. The van der Waals surface area contributed by atoms with Crippen LogP contribution in [0.15, 0.2) is 60.8 Å². The molecular weight excluding hydrogens is 288 g/mol. The minimum absolute atomic E-state index is 0.165. The normalized spacial score (nSPS) is 13.9. The number of carbonyl (C=O) groups is 2. The summed E-state index contributed by atoms with van der Waals surface area (Å²) in [7, 11) is 0. The summed E-state index contributed by atoms with van der Waals surface area (Å²) in [6.07, 6.45) is 3.73. The van der Waals surface area contributed by atoms with Crippen molar-refractivity contribution < 1.29 is 9.59 Å². The number of Topliss-reactive ketones (excluding diaryl/α,β-unsaturated/α-hetero) is 1. The van der Waals surface area contributed by atoms with Gasteiger partial charge < -0.3 is 9.72 Å². The summed E-state index contributed by atoms with van der Waals surface area (Å²) in [5.41, 5.74) is 3.03. The Hall–Kier alpha value is -2.88. The van der Waals surface area contributed by atoms with E-state index >= 15 is 0 Å². The predicted octanol–water partition coefficient (Wildman–Crippen LogP) is 3.07. The molecule has 2 aromatic heterocycles. The molecule has 1 amide bonds. The average Bonchev–Trinajstić information content (AvgIpc) is 3.32. The Morgan fingerprint density at radius 2 is 1.74 bits per heavy atom. The molecule has 1 saturated carbocycles. The topological polar surface area (TPSA) is 50.6 Å². The van der Waals surface area contributed by atoms with Crippen LogP contribution in [-0.4, -0.2) is 22.1 Å². The third kappa shape index (κ3) is 2.52. The summed E-state index contributed by atoms with van der Waals surface area (Å²) < 4.78 is 1.79. The van der Waals surface area contributed by atoms with Crippen molar-refractivity contribution in [2.45, 2.75) is 18.9 Å². The standard InChI is InChI=1S/C19H16N2O2/c22-18(19(23)20-14-9-10-14)17-16(13-6-2-1-3-7-13)12-15-8-4-5-11-21(15)17/h1-8,11-12,14H,9-10H2,(H,20,23). The molecule has 4 heteroatoms. The summed E-state index contributed by atoms with van der Waals surface area (Å²) in [6, 6.07) is 17.5. The van der Waals surface area contributed by atoms with E-state index in [2.05, 4.69) is 5.32 Å². The molecule has 1 aliphatic carbocycles. The van der Waals surface area contributed by atoms with Crippen molar-refractivity contribution in [2.75, 3.05) is 0 Å². The van der Waals surface area contributed by atoms with Crippen LogP contribution < -0.4 is 5.32 Å². The van der Waals surface area contributed by atoms with Crippen molar-refractivity contribution >= 4 is 17.2 Å². The van der Waals surface area contributed by atoms with E-state index in [0.717, 1.165) is 29.5 Å². The summed E-state index contributed by atoms with van der Waals surface area (Å²) in [5.74, 6) is -1.00. The molecule has 4 nitrogen and oxygen atoms in total. The second kappa shape index (κ2) is 5.39. The summed E-state index contributed by atoms with van der Waals surface area (Å²) in [5, 5.41) is 2.78. The fourth-order valence-electron chi connectivity index (χ4n) is 2.78. The number of hydrogen-bond acceptors (Lipinski definition) is 2. The molecule has 4 rings (SSSR count). The van der Waals surface area contributed by atoms with Crippen molar-refractivity contribution in [1.82, 2.24) is 9.72 Å². The molecule has 2 heterocycles. The number of ketones is 1. The third-order valence-electron chi connectivity index (χ3n) is 4.10. The molecule has 3 aromatic rings. The smallest absolute Gasteiger partial charge is 0.294 e. The van der Waals surface area contributed by atoms with Gasteiger partial charge in [-0.05, 0) is 36.6 Å². The van der Waals surface area contributed by atoms with Crippen LogP contribution in [0.4, 0.5) is 0 Å². The molecule has 0 bridgehead atoms. The van der Waals surface area contributed by atoms with Gasteiger partial charge in [-0.25, -0.2) is 0 Å². The van der Waals surface area contributed by atoms with E-state index in [4.69, 9.17) is 0 Å². The van der Waals surface area contributed by atoms with Crippen LogP contribution in [0.1, 0.15) is 23.3 Å². The molecule has 0 spiro atoms. The van der Waals surface area contributed by atoms with Crippen LogP contribution >= 0.6 is 0 Å². The van der Waals surface area contributed by atoms with Crippen LogP contribution in [0, 0.1) is 0 Å². The number of rotatable bonds is 4. The number of carbonyl (C=O) groups excluding carboxylic acids is 2. The van der Waals surface area contributed by atoms with E-state index in [1.165, 1.54) is 0 Å². The molecule has 1 fully saturated rings. The maximum absolute atomic E-state index is 12.7. The van der Waals surface area contributed by atoms with Gasteiger partial charge >= 0.3 is 0 Å². The Morgan fingerprint density at radius 1 is 1.00 bits per heavy atom. The van der Waals surface area contributed by atoms with Crippen LogP contribution in [0.2, 0.25) is 0 Å². The summed E-state index contributed by atoms with van der Waals surface area (Å²) in [4.78, 5) is 25.0. The van der Waals surface area contributed by atoms with Gasteiger partial charge in [0.2, 0.25) is 0 Å². The minimum Gasteiger partial charge on any atom is -0.346 e. The van der Waals surface area contributed by atoms with Gasteiger partial charge in [-0.3, -0.25) is 9.59 Å². The third-order valence-corrected chi connectivity index (χ3v) is 4.10. The number of amides is 1. The van der Waals surface area contributed by atoms with E-state index in [9.17, 15) is 9.59 Å². The maximum Gasteiger partial charge on any atom is 0.294 e. The number of nitrogens with zero attached hydrogens (tertiary/aromatic N) is 1.